The number of pyridine rings is 1. The second kappa shape index (κ2) is 6.18. The van der Waals surface area contributed by atoms with Gasteiger partial charge < -0.3 is 4.98 Å². The van der Waals surface area contributed by atoms with Crippen LogP contribution in [0, 0.1) is 6.92 Å². The van der Waals surface area contributed by atoms with Gasteiger partial charge >= 0.3 is 0 Å². The molecule has 0 atom stereocenters. The highest BCUT2D eigenvalue weighted by Gasteiger charge is 2.17. The molecule has 2 N–H and O–H groups in total. The normalized spacial score (nSPS) is 11.1. The molecule has 0 fully saturated rings. The highest BCUT2D eigenvalue weighted by Crippen LogP contribution is 2.24. The summed E-state index contributed by atoms with van der Waals surface area (Å²) in [7, 11) is 0. The first-order valence-corrected chi connectivity index (χ1v) is 8.26. The monoisotopic (exact) mass is 350 g/mol. The molecule has 5 nitrogen and oxygen atoms in total. The van der Waals surface area contributed by atoms with Gasteiger partial charge in [-0.15, -0.1) is 0 Å². The SMILES string of the molecule is Cc1[nH]nc(C(=O)Cc2cnc3[nH]c(-c4ccccc4)cc3c2)c1Cl. The molecule has 0 saturated carbocycles. The molecule has 0 radical (unpaired) electrons. The minimum Gasteiger partial charge on any atom is -0.339 e. The summed E-state index contributed by atoms with van der Waals surface area (Å²) in [6, 6.07) is 14.1. The Labute approximate surface area is 149 Å². The number of aryl methyl sites for hydroxylation is 1. The van der Waals surface area contributed by atoms with Crippen LogP contribution in [0.4, 0.5) is 0 Å². The van der Waals surface area contributed by atoms with Crippen molar-refractivity contribution in [2.45, 2.75) is 13.3 Å². The van der Waals surface area contributed by atoms with Crippen LogP contribution < -0.4 is 0 Å². The number of hydrogen-bond acceptors (Lipinski definition) is 3. The van der Waals surface area contributed by atoms with Crippen molar-refractivity contribution < 1.29 is 4.79 Å². The van der Waals surface area contributed by atoms with E-state index in [9.17, 15) is 4.79 Å². The lowest BCUT2D eigenvalue weighted by molar-refractivity contribution is 0.0988. The van der Waals surface area contributed by atoms with Crippen molar-refractivity contribution in [3.63, 3.8) is 0 Å². The van der Waals surface area contributed by atoms with Crippen molar-refractivity contribution in [2.75, 3.05) is 0 Å². The van der Waals surface area contributed by atoms with E-state index < -0.39 is 0 Å². The summed E-state index contributed by atoms with van der Waals surface area (Å²) < 4.78 is 0. The second-order valence-electron chi connectivity index (χ2n) is 5.94. The third-order valence-electron chi connectivity index (χ3n) is 4.11. The minimum absolute atomic E-state index is 0.130. The molecule has 0 aliphatic carbocycles. The molecule has 0 saturated heterocycles. The van der Waals surface area contributed by atoms with E-state index in [-0.39, 0.29) is 17.9 Å². The van der Waals surface area contributed by atoms with Crippen molar-refractivity contribution >= 4 is 28.4 Å². The summed E-state index contributed by atoms with van der Waals surface area (Å²) in [6.45, 7) is 1.78. The lowest BCUT2D eigenvalue weighted by atomic mass is 10.1. The van der Waals surface area contributed by atoms with Crippen LogP contribution >= 0.6 is 11.6 Å². The first kappa shape index (κ1) is 15.6. The van der Waals surface area contributed by atoms with Gasteiger partial charge in [0.05, 0.1) is 10.7 Å². The third-order valence-corrected chi connectivity index (χ3v) is 4.58. The molecule has 6 heteroatoms. The summed E-state index contributed by atoms with van der Waals surface area (Å²) >= 11 is 6.10. The van der Waals surface area contributed by atoms with Gasteiger partial charge in [0.25, 0.3) is 0 Å². The molecule has 25 heavy (non-hydrogen) atoms. The number of aromatic nitrogens is 4. The van der Waals surface area contributed by atoms with Crippen molar-refractivity contribution in [1.82, 2.24) is 20.2 Å². The van der Waals surface area contributed by atoms with Crippen molar-refractivity contribution in [1.29, 1.82) is 0 Å². The number of nitrogens with zero attached hydrogens (tertiary/aromatic N) is 2. The van der Waals surface area contributed by atoms with Crippen LogP contribution in [0.2, 0.25) is 5.02 Å². The fourth-order valence-electron chi connectivity index (χ4n) is 2.80. The van der Waals surface area contributed by atoms with Gasteiger partial charge in [-0.1, -0.05) is 41.9 Å². The smallest absolute Gasteiger partial charge is 0.189 e. The number of fused-ring (bicyclic) bond motifs is 1. The number of hydrogen-bond donors (Lipinski definition) is 2. The van der Waals surface area contributed by atoms with Crippen molar-refractivity contribution in [3.05, 3.63) is 70.6 Å². The van der Waals surface area contributed by atoms with E-state index in [1.807, 2.05) is 42.5 Å². The maximum atomic E-state index is 12.4. The topological polar surface area (TPSA) is 74.4 Å². The molecule has 0 amide bonds. The number of aromatic amines is 2. The summed E-state index contributed by atoms with van der Waals surface area (Å²) in [6.07, 6.45) is 1.91. The Kier molecular flexibility index (Phi) is 3.86. The molecule has 0 bridgehead atoms. The molecule has 3 heterocycles. The number of rotatable bonds is 4. The first-order valence-electron chi connectivity index (χ1n) is 7.88. The average Bonchev–Trinajstić information content (AvgIpc) is 3.19. The van der Waals surface area contributed by atoms with E-state index in [0.29, 0.717) is 10.7 Å². The fraction of sp³-hybridized carbons (Fsp3) is 0.105. The van der Waals surface area contributed by atoms with E-state index in [0.717, 1.165) is 27.9 Å². The third kappa shape index (κ3) is 2.94. The molecule has 0 unspecified atom stereocenters. The minimum atomic E-state index is -0.130. The van der Waals surface area contributed by atoms with Gasteiger partial charge in [0.1, 0.15) is 11.3 Å². The van der Waals surface area contributed by atoms with E-state index in [1.54, 1.807) is 13.1 Å². The molecule has 1 aromatic carbocycles. The Morgan fingerprint density at radius 3 is 2.72 bits per heavy atom. The lowest BCUT2D eigenvalue weighted by Gasteiger charge is -1.99. The van der Waals surface area contributed by atoms with Crippen LogP contribution in [0.1, 0.15) is 21.7 Å². The number of benzene rings is 1. The number of H-pyrrole nitrogens is 2. The van der Waals surface area contributed by atoms with Crippen LogP contribution in [-0.2, 0) is 6.42 Å². The highest BCUT2D eigenvalue weighted by molar-refractivity contribution is 6.34. The Balaban J connectivity index is 1.63. The molecule has 0 aliphatic rings. The molecule has 3 aromatic heterocycles. The van der Waals surface area contributed by atoms with Gasteiger partial charge in [0.2, 0.25) is 0 Å². The molecule has 0 aliphatic heterocycles. The molecule has 124 valence electrons. The molecule has 4 rings (SSSR count). The Morgan fingerprint density at radius 1 is 1.20 bits per heavy atom. The van der Waals surface area contributed by atoms with Crippen molar-refractivity contribution in [2.24, 2.45) is 0 Å². The van der Waals surface area contributed by atoms with E-state index in [2.05, 4.69) is 20.2 Å². The highest BCUT2D eigenvalue weighted by atomic mass is 35.5. The predicted molar refractivity (Wildman–Crippen MR) is 97.9 cm³/mol. The van der Waals surface area contributed by atoms with Gasteiger partial charge in [-0.2, -0.15) is 5.10 Å². The van der Waals surface area contributed by atoms with Crippen LogP contribution in [0.15, 0.2) is 48.7 Å². The van der Waals surface area contributed by atoms with Crippen LogP contribution in [-0.4, -0.2) is 25.9 Å². The quantitative estimate of drug-likeness (QED) is 0.537. The molecular formula is C19H15ClN4O. The number of Topliss-reactive ketones (excluding diaryl/α,β-unsaturated/α-hetero) is 1. The van der Waals surface area contributed by atoms with E-state index in [1.165, 1.54) is 0 Å². The molecule has 0 spiro atoms. The standard InChI is InChI=1S/C19H15ClN4O/c1-11-17(20)18(24-23-11)16(25)8-12-7-14-9-15(22-19(14)21-10-12)13-5-3-2-4-6-13/h2-7,9-10H,8H2,1H3,(H,21,22)(H,23,24). The zero-order valence-electron chi connectivity index (χ0n) is 13.5. The predicted octanol–water partition coefficient (Wildman–Crippen LogP) is 4.34. The van der Waals surface area contributed by atoms with Gasteiger partial charge in [-0.05, 0) is 30.2 Å². The van der Waals surface area contributed by atoms with Crippen LogP contribution in [0.25, 0.3) is 22.3 Å². The number of ketones is 1. The zero-order valence-corrected chi connectivity index (χ0v) is 14.3. The Bertz CT molecular complexity index is 1070. The largest absolute Gasteiger partial charge is 0.339 e. The zero-order chi connectivity index (χ0) is 17.4. The number of nitrogens with one attached hydrogen (secondary N) is 2. The van der Waals surface area contributed by atoms with Gasteiger partial charge in [-0.3, -0.25) is 9.89 Å². The molecule has 4 aromatic rings. The van der Waals surface area contributed by atoms with Gasteiger partial charge in [0.15, 0.2) is 5.78 Å². The summed E-state index contributed by atoms with van der Waals surface area (Å²) in [5.74, 6) is -0.130. The summed E-state index contributed by atoms with van der Waals surface area (Å²) in [5, 5.41) is 8.06. The van der Waals surface area contributed by atoms with Crippen LogP contribution in [0.3, 0.4) is 0 Å². The number of carbonyl (C=O) groups excluding carboxylic acids is 1. The summed E-state index contributed by atoms with van der Waals surface area (Å²) in [4.78, 5) is 20.1. The maximum absolute atomic E-state index is 12.4. The summed E-state index contributed by atoms with van der Waals surface area (Å²) in [5.41, 5.74) is 4.68. The van der Waals surface area contributed by atoms with Crippen LogP contribution in [0.5, 0.6) is 0 Å². The first-order chi connectivity index (χ1) is 12.1. The number of halogens is 1. The fourth-order valence-corrected chi connectivity index (χ4v) is 2.99. The van der Waals surface area contributed by atoms with E-state index >= 15 is 0 Å². The average molecular weight is 351 g/mol. The van der Waals surface area contributed by atoms with Crippen molar-refractivity contribution in [3.8, 4) is 11.3 Å². The van der Waals surface area contributed by atoms with E-state index in [4.69, 9.17) is 11.6 Å². The molecular weight excluding hydrogens is 336 g/mol. The lowest BCUT2D eigenvalue weighted by Crippen LogP contribution is -2.05. The van der Waals surface area contributed by atoms with Gasteiger partial charge in [-0.25, -0.2) is 4.98 Å². The Morgan fingerprint density at radius 2 is 2.00 bits per heavy atom. The number of carbonyl (C=O) groups is 1. The Hall–Kier alpha value is -2.92. The second-order valence-corrected chi connectivity index (χ2v) is 6.32. The van der Waals surface area contributed by atoms with Gasteiger partial charge in [0, 0.05) is 23.7 Å². The maximum Gasteiger partial charge on any atom is 0.189 e.